The first kappa shape index (κ1) is 18.6. The second-order valence-electron chi connectivity index (χ2n) is 6.86. The monoisotopic (exact) mass is 379 g/mol. The summed E-state index contributed by atoms with van der Waals surface area (Å²) in [5.41, 5.74) is 12.4. The van der Waals surface area contributed by atoms with Crippen molar-refractivity contribution in [2.45, 2.75) is 13.0 Å². The largest absolute Gasteiger partial charge is 0.332 e. The van der Waals surface area contributed by atoms with E-state index in [4.69, 9.17) is 5.73 Å². The van der Waals surface area contributed by atoms with Crippen molar-refractivity contribution in [3.8, 4) is 28.5 Å². The van der Waals surface area contributed by atoms with Crippen LogP contribution in [-0.2, 0) is 13.0 Å². The third kappa shape index (κ3) is 4.23. The van der Waals surface area contributed by atoms with Crippen molar-refractivity contribution in [1.29, 1.82) is 5.26 Å². The van der Waals surface area contributed by atoms with Gasteiger partial charge in [0.2, 0.25) is 0 Å². The molecule has 0 aliphatic rings. The maximum absolute atomic E-state index is 9.34. The molecule has 0 atom stereocenters. The number of nitrogens with two attached hydrogens (primary N) is 1. The van der Waals surface area contributed by atoms with E-state index < -0.39 is 0 Å². The maximum atomic E-state index is 9.34. The third-order valence-corrected chi connectivity index (χ3v) is 4.83. The Bertz CT molecular complexity index is 1140. The van der Waals surface area contributed by atoms with E-state index in [1.54, 1.807) is 0 Å². The van der Waals surface area contributed by atoms with Gasteiger partial charge in [-0.3, -0.25) is 4.98 Å². The van der Waals surface area contributed by atoms with Gasteiger partial charge < -0.3 is 10.3 Å². The third-order valence-electron chi connectivity index (χ3n) is 4.83. The van der Waals surface area contributed by atoms with Gasteiger partial charge >= 0.3 is 0 Å². The van der Waals surface area contributed by atoms with Crippen LogP contribution in [0.1, 0.15) is 16.8 Å². The van der Waals surface area contributed by atoms with E-state index in [-0.39, 0.29) is 0 Å². The fourth-order valence-corrected chi connectivity index (χ4v) is 3.36. The van der Waals surface area contributed by atoms with Crippen molar-refractivity contribution in [1.82, 2.24) is 14.5 Å². The minimum Gasteiger partial charge on any atom is -0.332 e. The van der Waals surface area contributed by atoms with Crippen LogP contribution >= 0.6 is 0 Å². The lowest BCUT2D eigenvalue weighted by atomic mass is 9.98. The van der Waals surface area contributed by atoms with Crippen LogP contribution in [0.3, 0.4) is 0 Å². The Labute approximate surface area is 170 Å². The van der Waals surface area contributed by atoms with Crippen LogP contribution in [0, 0.1) is 11.3 Å². The van der Waals surface area contributed by atoms with E-state index in [0.29, 0.717) is 18.7 Å². The molecular weight excluding hydrogens is 358 g/mol. The first-order valence-corrected chi connectivity index (χ1v) is 9.52. The highest BCUT2D eigenvalue weighted by atomic mass is 15.0. The highest BCUT2D eigenvalue weighted by molar-refractivity contribution is 5.68. The minimum absolute atomic E-state index is 0.582. The zero-order valence-electron chi connectivity index (χ0n) is 16.0. The van der Waals surface area contributed by atoms with E-state index in [9.17, 15) is 5.26 Å². The summed E-state index contributed by atoms with van der Waals surface area (Å²) in [5.74, 6) is 0. The Morgan fingerprint density at radius 2 is 1.83 bits per heavy atom. The van der Waals surface area contributed by atoms with Gasteiger partial charge in [-0.25, -0.2) is 4.98 Å². The van der Waals surface area contributed by atoms with Gasteiger partial charge in [0.05, 0.1) is 23.7 Å². The predicted molar refractivity (Wildman–Crippen MR) is 114 cm³/mol. The van der Waals surface area contributed by atoms with Crippen LogP contribution in [0.5, 0.6) is 0 Å². The lowest BCUT2D eigenvalue weighted by molar-refractivity contribution is 0.798. The Morgan fingerprint density at radius 3 is 2.55 bits per heavy atom. The Hall–Kier alpha value is -3.75. The Balaban J connectivity index is 1.66. The lowest BCUT2D eigenvalue weighted by Gasteiger charge is -2.11. The maximum Gasteiger partial charge on any atom is 0.0991 e. The molecule has 0 saturated carbocycles. The molecule has 5 heteroatoms. The molecule has 0 bridgehead atoms. The summed E-state index contributed by atoms with van der Waals surface area (Å²) in [7, 11) is 0. The summed E-state index contributed by atoms with van der Waals surface area (Å²) in [6.45, 7) is 1.20. The molecule has 2 aromatic heterocycles. The lowest BCUT2D eigenvalue weighted by Crippen LogP contribution is -2.04. The van der Waals surface area contributed by atoms with Crippen LogP contribution in [0.25, 0.3) is 22.4 Å². The second-order valence-corrected chi connectivity index (χ2v) is 6.86. The SMILES string of the molecule is N#Cc1ccc(-c2ccc(CCN)nc2)c(Cn2cnc(-c3ccccc3)c2)c1. The molecule has 0 fully saturated rings. The van der Waals surface area contributed by atoms with Crippen LogP contribution in [0.2, 0.25) is 0 Å². The molecular formula is C24H21N5. The number of nitriles is 1. The standard InChI is InChI=1S/C24H21N5/c25-11-10-22-8-7-20(14-27-22)23-9-6-18(13-26)12-21(23)15-29-16-24(28-17-29)19-4-2-1-3-5-19/h1-9,12,14,16-17H,10-11,15,25H2. The Kier molecular flexibility index (Phi) is 5.46. The van der Waals surface area contributed by atoms with Crippen LogP contribution in [0.4, 0.5) is 0 Å². The smallest absolute Gasteiger partial charge is 0.0991 e. The number of rotatable bonds is 6. The molecule has 0 amide bonds. The number of aromatic nitrogens is 3. The first-order valence-electron chi connectivity index (χ1n) is 9.52. The van der Waals surface area contributed by atoms with E-state index >= 15 is 0 Å². The molecule has 0 unspecified atom stereocenters. The summed E-state index contributed by atoms with van der Waals surface area (Å²) < 4.78 is 2.04. The van der Waals surface area contributed by atoms with Crippen molar-refractivity contribution in [2.24, 2.45) is 5.73 Å². The molecule has 0 aliphatic heterocycles. The number of pyridine rings is 1. The van der Waals surface area contributed by atoms with Gasteiger partial charge in [-0.2, -0.15) is 5.26 Å². The number of imidazole rings is 1. The zero-order chi connectivity index (χ0) is 20.1. The van der Waals surface area contributed by atoms with Crippen molar-refractivity contribution in [3.63, 3.8) is 0 Å². The molecule has 5 nitrogen and oxygen atoms in total. The number of hydrogen-bond donors (Lipinski definition) is 1. The van der Waals surface area contributed by atoms with Crippen molar-refractivity contribution < 1.29 is 0 Å². The topological polar surface area (TPSA) is 80.5 Å². The number of hydrogen-bond acceptors (Lipinski definition) is 4. The minimum atomic E-state index is 0.582. The van der Waals surface area contributed by atoms with Crippen molar-refractivity contribution >= 4 is 0 Å². The van der Waals surface area contributed by atoms with E-state index in [2.05, 4.69) is 22.1 Å². The summed E-state index contributed by atoms with van der Waals surface area (Å²) in [4.78, 5) is 9.05. The molecule has 2 heterocycles. The quantitative estimate of drug-likeness (QED) is 0.548. The molecule has 2 N–H and O–H groups in total. The number of benzene rings is 2. The van der Waals surface area contributed by atoms with Gasteiger partial charge in [0.25, 0.3) is 0 Å². The van der Waals surface area contributed by atoms with Crippen molar-refractivity contribution in [3.05, 3.63) is 96.2 Å². The normalized spacial score (nSPS) is 10.6. The van der Waals surface area contributed by atoms with E-state index in [1.165, 1.54) is 0 Å². The van der Waals surface area contributed by atoms with Gasteiger partial charge in [0.1, 0.15) is 0 Å². The molecule has 29 heavy (non-hydrogen) atoms. The molecule has 0 aliphatic carbocycles. The molecule has 2 aromatic carbocycles. The van der Waals surface area contributed by atoms with Gasteiger partial charge in [0, 0.05) is 42.2 Å². The number of nitrogens with zero attached hydrogens (tertiary/aromatic N) is 4. The molecule has 4 aromatic rings. The fraction of sp³-hybridized carbons (Fsp3) is 0.125. The first-order chi connectivity index (χ1) is 14.3. The molecule has 0 saturated heterocycles. The highest BCUT2D eigenvalue weighted by Gasteiger charge is 2.10. The molecule has 0 spiro atoms. The van der Waals surface area contributed by atoms with Crippen molar-refractivity contribution in [2.75, 3.05) is 6.54 Å². The second kappa shape index (κ2) is 8.51. The van der Waals surface area contributed by atoms with Gasteiger partial charge in [-0.1, -0.05) is 42.5 Å². The molecule has 0 radical (unpaired) electrons. The molecule has 142 valence electrons. The van der Waals surface area contributed by atoms with Crippen LogP contribution < -0.4 is 5.73 Å². The van der Waals surface area contributed by atoms with E-state index in [0.717, 1.165) is 40.1 Å². The zero-order valence-corrected chi connectivity index (χ0v) is 16.0. The summed E-state index contributed by atoms with van der Waals surface area (Å²) in [6, 6.07) is 22.2. The summed E-state index contributed by atoms with van der Waals surface area (Å²) in [5, 5.41) is 9.34. The average molecular weight is 379 g/mol. The van der Waals surface area contributed by atoms with E-state index in [1.807, 2.05) is 77.9 Å². The average Bonchev–Trinajstić information content (AvgIpc) is 3.24. The highest BCUT2D eigenvalue weighted by Crippen LogP contribution is 2.26. The van der Waals surface area contributed by atoms with Crippen LogP contribution in [0.15, 0.2) is 79.4 Å². The van der Waals surface area contributed by atoms with Gasteiger partial charge in [-0.05, 0) is 35.9 Å². The summed E-state index contributed by atoms with van der Waals surface area (Å²) in [6.07, 6.45) is 6.49. The predicted octanol–water partition coefficient (Wildman–Crippen LogP) is 4.03. The Morgan fingerprint density at radius 1 is 0.966 bits per heavy atom. The fourth-order valence-electron chi connectivity index (χ4n) is 3.36. The van der Waals surface area contributed by atoms with Crippen LogP contribution in [-0.4, -0.2) is 21.1 Å². The molecule has 4 rings (SSSR count). The van der Waals surface area contributed by atoms with Gasteiger partial charge in [0.15, 0.2) is 0 Å². The summed E-state index contributed by atoms with van der Waals surface area (Å²) >= 11 is 0. The van der Waals surface area contributed by atoms with Gasteiger partial charge in [-0.15, -0.1) is 0 Å².